The maximum atomic E-state index is 9.55. The van der Waals surface area contributed by atoms with Crippen LogP contribution in [-0.2, 0) is 9.59 Å². The molecule has 0 spiro atoms. The van der Waals surface area contributed by atoms with E-state index in [-0.39, 0.29) is 13.8 Å². The summed E-state index contributed by atoms with van der Waals surface area (Å²) in [5.41, 5.74) is 0. The summed E-state index contributed by atoms with van der Waals surface area (Å²) < 4.78 is 0. The fourth-order valence-corrected chi connectivity index (χ4v) is 0.143. The number of carboxylic acid groups (broad SMARTS) is 2. The number of aliphatic carboxylic acids is 2. The van der Waals surface area contributed by atoms with E-state index >= 15 is 0 Å². The van der Waals surface area contributed by atoms with Gasteiger partial charge in [-0.25, -0.2) is 9.59 Å². The Hall–Kier alpha value is -1.03. The van der Waals surface area contributed by atoms with E-state index in [0.29, 0.717) is 12.2 Å². The largest absolute Gasteiger partial charge is 1.00 e. The van der Waals surface area contributed by atoms with Crippen molar-refractivity contribution in [1.29, 1.82) is 0 Å². The molecule has 0 bridgehead atoms. The lowest BCUT2D eigenvalue weighted by Gasteiger charge is -1.74. The van der Waals surface area contributed by atoms with Gasteiger partial charge in [0.15, 0.2) is 0 Å². The summed E-state index contributed by atoms with van der Waals surface area (Å²) in [7, 11) is 0. The Morgan fingerprint density at radius 2 is 1.33 bits per heavy atom. The fourth-order valence-electron chi connectivity index (χ4n) is 0.143. The molecule has 2 N–H and O–H groups in total. The van der Waals surface area contributed by atoms with Crippen LogP contribution in [0.15, 0.2) is 12.2 Å². The van der Waals surface area contributed by atoms with E-state index in [1.54, 1.807) is 0 Å². The quantitative estimate of drug-likeness (QED) is 0.410. The Balaban J connectivity index is -0.000000245. The fraction of sp³-hybridized carbons (Fsp3) is 0. The van der Waals surface area contributed by atoms with Gasteiger partial charge in [-0.15, -0.1) is 0 Å². The van der Waals surface area contributed by atoms with Crippen molar-refractivity contribution in [3.63, 3.8) is 0 Å². The first-order chi connectivity index (χ1) is 3.63. The standard InChI is InChI=1S/C4H4O4.ClH/c5-3(6)1-2-4(7)8;/h1-2H,(H,5,6)(H,7,8);1H/b2-1-;. The van der Waals surface area contributed by atoms with Crippen LogP contribution in [0.5, 0.6) is 0 Å². The monoisotopic (exact) mass is 152 g/mol. The van der Waals surface area contributed by atoms with Gasteiger partial charge < -0.3 is 22.6 Å². The van der Waals surface area contributed by atoms with E-state index in [9.17, 15) is 9.59 Å². The van der Waals surface area contributed by atoms with Crippen molar-refractivity contribution in [3.05, 3.63) is 12.2 Å². The zero-order valence-electron chi connectivity index (χ0n) is 5.24. The topological polar surface area (TPSA) is 74.6 Å². The molecule has 0 aliphatic carbocycles. The van der Waals surface area contributed by atoms with Crippen LogP contribution in [0.25, 0.3) is 0 Å². The van der Waals surface area contributed by atoms with Gasteiger partial charge in [0, 0.05) is 12.2 Å². The van der Waals surface area contributed by atoms with Crippen LogP contribution in [0.3, 0.4) is 0 Å². The van der Waals surface area contributed by atoms with Crippen LogP contribution in [0.1, 0.15) is 1.43 Å². The highest BCUT2D eigenvalue weighted by atomic mass is 35.5. The Labute approximate surface area is 58.7 Å². The van der Waals surface area contributed by atoms with Gasteiger partial charge in [-0.2, -0.15) is 0 Å². The van der Waals surface area contributed by atoms with Gasteiger partial charge >= 0.3 is 13.4 Å². The molecule has 0 rings (SSSR count). The maximum absolute atomic E-state index is 9.55. The lowest BCUT2D eigenvalue weighted by Crippen LogP contribution is -3.00. The van der Waals surface area contributed by atoms with Crippen molar-refractivity contribution in [1.82, 2.24) is 0 Å². The second kappa shape index (κ2) is 5.11. The summed E-state index contributed by atoms with van der Waals surface area (Å²) in [4.78, 5) is 19.1. The van der Waals surface area contributed by atoms with Crippen molar-refractivity contribution in [2.45, 2.75) is 0 Å². The van der Waals surface area contributed by atoms with E-state index < -0.39 is 11.9 Å². The number of rotatable bonds is 2. The maximum Gasteiger partial charge on any atom is 1.00 e. The lowest BCUT2D eigenvalue weighted by molar-refractivity contribution is -0.134. The molecular formula is C4H5ClO4. The lowest BCUT2D eigenvalue weighted by atomic mass is 10.5. The first-order valence-electron chi connectivity index (χ1n) is 1.77. The summed E-state index contributed by atoms with van der Waals surface area (Å²) in [5, 5.41) is 15.6. The molecule has 4 nitrogen and oxygen atoms in total. The van der Waals surface area contributed by atoms with Gasteiger partial charge in [0.25, 0.3) is 0 Å². The van der Waals surface area contributed by atoms with E-state index in [1.165, 1.54) is 0 Å². The van der Waals surface area contributed by atoms with E-state index in [4.69, 9.17) is 10.2 Å². The predicted octanol–water partition coefficient (Wildman–Crippen LogP) is -3.17. The molecular weight excluding hydrogens is 147 g/mol. The summed E-state index contributed by atoms with van der Waals surface area (Å²) >= 11 is 0. The predicted molar refractivity (Wildman–Crippen MR) is 25.5 cm³/mol. The number of halogens is 1. The molecule has 0 aliphatic rings. The van der Waals surface area contributed by atoms with Crippen molar-refractivity contribution in [3.8, 4) is 0 Å². The molecule has 0 aromatic heterocycles. The Kier molecular flexibility index (Phi) is 6.17. The van der Waals surface area contributed by atoms with Crippen LogP contribution in [0.2, 0.25) is 0 Å². The minimum absolute atomic E-state index is 0. The van der Waals surface area contributed by atoms with Gasteiger partial charge in [0.2, 0.25) is 0 Å². The number of carboxylic acids is 2. The van der Waals surface area contributed by atoms with Gasteiger partial charge in [0.05, 0.1) is 0 Å². The molecule has 0 fully saturated rings. The normalized spacial score (nSPS) is 8.44. The average molecular weight is 153 g/mol. The molecule has 52 valence electrons. The highest BCUT2D eigenvalue weighted by Gasteiger charge is 1.88. The molecule has 0 aromatic rings. The van der Waals surface area contributed by atoms with Crippen LogP contribution in [0, 0.1) is 0 Å². The van der Waals surface area contributed by atoms with Crippen LogP contribution < -0.4 is 12.4 Å². The SMILES string of the molecule is O=C(O)/C=C\C(=O)O.[Cl-].[H+]. The molecule has 0 saturated carbocycles. The smallest absolute Gasteiger partial charge is 1.00 e. The van der Waals surface area contributed by atoms with Crippen LogP contribution in [0.4, 0.5) is 0 Å². The summed E-state index contributed by atoms with van der Waals surface area (Å²) in [6.45, 7) is 0. The Morgan fingerprint density at radius 1 is 1.11 bits per heavy atom. The molecule has 0 saturated heterocycles. The number of carbonyl (C=O) groups is 2. The van der Waals surface area contributed by atoms with Gasteiger partial charge in [-0.1, -0.05) is 0 Å². The zero-order valence-corrected chi connectivity index (χ0v) is 5.00. The zero-order chi connectivity index (χ0) is 6.57. The summed E-state index contributed by atoms with van der Waals surface area (Å²) in [5.74, 6) is -2.51. The Bertz CT molecular complexity index is 128. The molecule has 0 aromatic carbocycles. The molecule has 0 aliphatic heterocycles. The van der Waals surface area contributed by atoms with Gasteiger partial charge in [0.1, 0.15) is 0 Å². The van der Waals surface area contributed by atoms with E-state index in [1.807, 2.05) is 0 Å². The minimum atomic E-state index is -1.26. The van der Waals surface area contributed by atoms with Crippen LogP contribution in [-0.4, -0.2) is 22.2 Å². The summed E-state index contributed by atoms with van der Waals surface area (Å²) in [6.07, 6.45) is 1.12. The molecule has 0 atom stereocenters. The second-order valence-electron chi connectivity index (χ2n) is 1.01. The van der Waals surface area contributed by atoms with Crippen molar-refractivity contribution >= 4 is 11.9 Å². The third-order valence-corrected chi connectivity index (χ3v) is 0.368. The average Bonchev–Trinajstić information content (AvgIpc) is 1.61. The van der Waals surface area contributed by atoms with Crippen LogP contribution >= 0.6 is 0 Å². The van der Waals surface area contributed by atoms with E-state index in [0.717, 1.165) is 0 Å². The molecule has 5 heteroatoms. The van der Waals surface area contributed by atoms with Gasteiger partial charge in [-0.3, -0.25) is 0 Å². The first kappa shape index (κ1) is 10.9. The third-order valence-electron chi connectivity index (χ3n) is 0.368. The third kappa shape index (κ3) is 10.9. The highest BCUT2D eigenvalue weighted by Crippen LogP contribution is 1.70. The first-order valence-corrected chi connectivity index (χ1v) is 1.77. The minimum Gasteiger partial charge on any atom is -1.00 e. The molecule has 9 heavy (non-hydrogen) atoms. The highest BCUT2D eigenvalue weighted by molar-refractivity contribution is 5.89. The number of hydrogen-bond donors (Lipinski definition) is 2. The molecule has 0 radical (unpaired) electrons. The molecule has 0 unspecified atom stereocenters. The second-order valence-corrected chi connectivity index (χ2v) is 1.01. The van der Waals surface area contributed by atoms with Gasteiger partial charge in [-0.05, 0) is 0 Å². The van der Waals surface area contributed by atoms with Crippen molar-refractivity contribution in [2.75, 3.05) is 0 Å². The Morgan fingerprint density at radius 3 is 1.44 bits per heavy atom. The molecule has 0 heterocycles. The number of hydrogen-bond acceptors (Lipinski definition) is 2. The molecule has 0 amide bonds. The van der Waals surface area contributed by atoms with E-state index in [2.05, 4.69) is 0 Å². The summed E-state index contributed by atoms with van der Waals surface area (Å²) in [6, 6.07) is 0. The van der Waals surface area contributed by atoms with Crippen molar-refractivity contribution < 1.29 is 33.6 Å². The van der Waals surface area contributed by atoms with Crippen molar-refractivity contribution in [2.24, 2.45) is 0 Å².